The first-order valence-corrected chi connectivity index (χ1v) is 11.8. The molecule has 0 aliphatic carbocycles. The van der Waals surface area contributed by atoms with Crippen molar-refractivity contribution < 1.29 is 27.1 Å². The molecule has 2 N–H and O–H groups in total. The topological polar surface area (TPSA) is 93.7 Å². The van der Waals surface area contributed by atoms with Crippen LogP contribution >= 0.6 is 0 Å². The number of methoxy groups -OCH3 is 1. The van der Waals surface area contributed by atoms with E-state index in [0.717, 1.165) is 11.3 Å². The second kappa shape index (κ2) is 10.9. The number of carbonyl (C=O) groups is 1. The number of amides is 1. The van der Waals surface area contributed by atoms with Crippen LogP contribution in [0, 0.1) is 5.82 Å². The third-order valence-corrected chi connectivity index (χ3v) is 6.25. The van der Waals surface area contributed by atoms with Gasteiger partial charge in [-0.25, -0.2) is 17.5 Å². The fraction of sp³-hybridized carbons (Fsp3) is 0.208. The standard InChI is InChI=1S/C24H25FN2O5S/c1-3-32-23-13-12-19(16-22(23)27-24(28)20-6-4-5-7-21(20)25)33(29,30)26-15-14-17-8-10-18(31-2)11-9-17/h4-13,16,26H,3,14-15H2,1-2H3,(H,27,28). The van der Waals surface area contributed by atoms with E-state index in [1.54, 1.807) is 26.2 Å². The van der Waals surface area contributed by atoms with E-state index in [2.05, 4.69) is 10.0 Å². The SMILES string of the molecule is CCOc1ccc(S(=O)(=O)NCCc2ccc(OC)cc2)cc1NC(=O)c1ccccc1F. The summed E-state index contributed by atoms with van der Waals surface area (Å²) in [4.78, 5) is 12.5. The fourth-order valence-corrected chi connectivity index (χ4v) is 4.15. The van der Waals surface area contributed by atoms with Crippen molar-refractivity contribution >= 4 is 21.6 Å². The Morgan fingerprint density at radius 1 is 1.03 bits per heavy atom. The quantitative estimate of drug-likeness (QED) is 0.465. The fourth-order valence-electron chi connectivity index (χ4n) is 3.10. The Balaban J connectivity index is 1.76. The van der Waals surface area contributed by atoms with Crippen LogP contribution in [0.2, 0.25) is 0 Å². The number of rotatable bonds is 10. The van der Waals surface area contributed by atoms with Gasteiger partial charge in [0.1, 0.15) is 17.3 Å². The van der Waals surface area contributed by atoms with Crippen LogP contribution in [-0.4, -0.2) is 34.6 Å². The molecule has 0 heterocycles. The summed E-state index contributed by atoms with van der Waals surface area (Å²) >= 11 is 0. The van der Waals surface area contributed by atoms with Gasteiger partial charge in [-0.05, 0) is 61.4 Å². The molecule has 0 atom stereocenters. The maximum absolute atomic E-state index is 14.0. The molecule has 0 aromatic heterocycles. The van der Waals surface area contributed by atoms with Crippen molar-refractivity contribution in [3.8, 4) is 11.5 Å². The molecule has 0 bridgehead atoms. The van der Waals surface area contributed by atoms with Crippen molar-refractivity contribution in [2.75, 3.05) is 25.6 Å². The van der Waals surface area contributed by atoms with Gasteiger partial charge in [-0.2, -0.15) is 0 Å². The first-order valence-electron chi connectivity index (χ1n) is 10.3. The molecular weight excluding hydrogens is 447 g/mol. The van der Waals surface area contributed by atoms with Gasteiger partial charge in [0, 0.05) is 6.54 Å². The largest absolute Gasteiger partial charge is 0.497 e. The smallest absolute Gasteiger partial charge is 0.258 e. The summed E-state index contributed by atoms with van der Waals surface area (Å²) in [5.41, 5.74) is 0.914. The molecule has 0 spiro atoms. The van der Waals surface area contributed by atoms with Crippen LogP contribution < -0.4 is 19.5 Å². The van der Waals surface area contributed by atoms with Gasteiger partial charge >= 0.3 is 0 Å². The van der Waals surface area contributed by atoms with E-state index in [9.17, 15) is 17.6 Å². The lowest BCUT2D eigenvalue weighted by Crippen LogP contribution is -2.26. The Hall–Kier alpha value is -3.43. The van der Waals surface area contributed by atoms with Crippen molar-refractivity contribution in [3.63, 3.8) is 0 Å². The molecule has 3 aromatic carbocycles. The zero-order valence-electron chi connectivity index (χ0n) is 18.3. The van der Waals surface area contributed by atoms with Gasteiger partial charge in [-0.1, -0.05) is 24.3 Å². The van der Waals surface area contributed by atoms with Gasteiger partial charge in [0.05, 0.1) is 29.9 Å². The lowest BCUT2D eigenvalue weighted by molar-refractivity contribution is 0.102. The Morgan fingerprint density at radius 3 is 2.42 bits per heavy atom. The number of halogens is 1. The Bertz CT molecular complexity index is 1210. The summed E-state index contributed by atoms with van der Waals surface area (Å²) in [7, 11) is -2.29. The molecule has 3 rings (SSSR count). The highest BCUT2D eigenvalue weighted by molar-refractivity contribution is 7.89. The summed E-state index contributed by atoms with van der Waals surface area (Å²) in [5.74, 6) is -0.397. The van der Waals surface area contributed by atoms with E-state index < -0.39 is 21.7 Å². The van der Waals surface area contributed by atoms with E-state index in [-0.39, 0.29) is 28.4 Å². The predicted octanol–water partition coefficient (Wildman–Crippen LogP) is 4.01. The van der Waals surface area contributed by atoms with Gasteiger partial charge in [0.2, 0.25) is 10.0 Å². The normalized spacial score (nSPS) is 11.1. The zero-order valence-corrected chi connectivity index (χ0v) is 19.1. The maximum atomic E-state index is 14.0. The van der Waals surface area contributed by atoms with Crippen molar-refractivity contribution in [1.82, 2.24) is 4.72 Å². The van der Waals surface area contributed by atoms with Crippen molar-refractivity contribution in [2.24, 2.45) is 0 Å². The van der Waals surface area contributed by atoms with Crippen LogP contribution in [0.4, 0.5) is 10.1 Å². The van der Waals surface area contributed by atoms with Gasteiger partial charge < -0.3 is 14.8 Å². The molecule has 1 amide bonds. The maximum Gasteiger partial charge on any atom is 0.258 e. The van der Waals surface area contributed by atoms with E-state index in [4.69, 9.17) is 9.47 Å². The molecule has 3 aromatic rings. The van der Waals surface area contributed by atoms with Crippen LogP contribution in [0.25, 0.3) is 0 Å². The van der Waals surface area contributed by atoms with Crippen LogP contribution in [0.15, 0.2) is 71.6 Å². The number of hydrogen-bond donors (Lipinski definition) is 2. The lowest BCUT2D eigenvalue weighted by Gasteiger charge is -2.14. The molecule has 0 saturated carbocycles. The summed E-state index contributed by atoms with van der Waals surface area (Å²) in [6, 6.07) is 17.0. The Morgan fingerprint density at radius 2 is 1.76 bits per heavy atom. The number of ether oxygens (including phenoxy) is 2. The van der Waals surface area contributed by atoms with E-state index in [1.165, 1.54) is 42.5 Å². The zero-order chi connectivity index (χ0) is 23.8. The minimum Gasteiger partial charge on any atom is -0.497 e. The van der Waals surface area contributed by atoms with Crippen molar-refractivity contribution in [2.45, 2.75) is 18.2 Å². The monoisotopic (exact) mass is 472 g/mol. The molecule has 0 unspecified atom stereocenters. The predicted molar refractivity (Wildman–Crippen MR) is 124 cm³/mol. The number of benzene rings is 3. The summed E-state index contributed by atoms with van der Waals surface area (Å²) in [6.07, 6.45) is 0.483. The van der Waals surface area contributed by atoms with E-state index in [0.29, 0.717) is 13.0 Å². The minimum absolute atomic E-state index is 0.0514. The average molecular weight is 473 g/mol. The molecular formula is C24H25FN2O5S. The molecule has 33 heavy (non-hydrogen) atoms. The molecule has 0 aliphatic heterocycles. The molecule has 0 aliphatic rings. The molecule has 0 saturated heterocycles. The molecule has 0 fully saturated rings. The van der Waals surface area contributed by atoms with E-state index >= 15 is 0 Å². The molecule has 7 nitrogen and oxygen atoms in total. The highest BCUT2D eigenvalue weighted by Crippen LogP contribution is 2.28. The second-order valence-electron chi connectivity index (χ2n) is 7.02. The third-order valence-electron chi connectivity index (χ3n) is 4.79. The van der Waals surface area contributed by atoms with Crippen LogP contribution in [0.1, 0.15) is 22.8 Å². The summed E-state index contributed by atoms with van der Waals surface area (Å²) in [6.45, 7) is 2.24. The number of hydrogen-bond acceptors (Lipinski definition) is 5. The molecule has 9 heteroatoms. The number of sulfonamides is 1. The summed E-state index contributed by atoms with van der Waals surface area (Å²) < 4.78 is 52.8. The second-order valence-corrected chi connectivity index (χ2v) is 8.79. The summed E-state index contributed by atoms with van der Waals surface area (Å²) in [5, 5.41) is 2.55. The first kappa shape index (κ1) is 24.2. The molecule has 0 radical (unpaired) electrons. The minimum atomic E-state index is -3.86. The number of carbonyl (C=O) groups excluding carboxylic acids is 1. The highest BCUT2D eigenvalue weighted by Gasteiger charge is 2.19. The highest BCUT2D eigenvalue weighted by atomic mass is 32.2. The van der Waals surface area contributed by atoms with Gasteiger partial charge in [-0.15, -0.1) is 0 Å². The van der Waals surface area contributed by atoms with Crippen LogP contribution in [0.5, 0.6) is 11.5 Å². The number of anilines is 1. The molecule has 174 valence electrons. The van der Waals surface area contributed by atoms with E-state index in [1.807, 2.05) is 12.1 Å². The van der Waals surface area contributed by atoms with Gasteiger partial charge in [-0.3, -0.25) is 4.79 Å². The average Bonchev–Trinajstić information content (AvgIpc) is 2.81. The number of nitrogens with one attached hydrogen (secondary N) is 2. The van der Waals surface area contributed by atoms with Crippen molar-refractivity contribution in [1.29, 1.82) is 0 Å². The lowest BCUT2D eigenvalue weighted by atomic mass is 10.1. The van der Waals surface area contributed by atoms with Gasteiger partial charge in [0.15, 0.2) is 0 Å². The van der Waals surface area contributed by atoms with Crippen molar-refractivity contribution in [3.05, 3.63) is 83.7 Å². The Kier molecular flexibility index (Phi) is 8.02. The third kappa shape index (κ3) is 6.30. The van der Waals surface area contributed by atoms with Gasteiger partial charge in [0.25, 0.3) is 5.91 Å². The Labute approximate surface area is 192 Å². The first-order chi connectivity index (χ1) is 15.8. The van der Waals surface area contributed by atoms with Crippen LogP contribution in [0.3, 0.4) is 0 Å². The van der Waals surface area contributed by atoms with Crippen LogP contribution in [-0.2, 0) is 16.4 Å².